The van der Waals surface area contributed by atoms with E-state index in [2.05, 4.69) is 15.3 Å². The highest BCUT2D eigenvalue weighted by Gasteiger charge is 2.15. The molecule has 0 radical (unpaired) electrons. The van der Waals surface area contributed by atoms with E-state index in [0.29, 0.717) is 27.3 Å². The Hall–Kier alpha value is -3.52. The maximum absolute atomic E-state index is 12.5. The van der Waals surface area contributed by atoms with Gasteiger partial charge in [0.1, 0.15) is 5.82 Å². The molecular formula is C19H14N4O3S. The van der Waals surface area contributed by atoms with Gasteiger partial charge in [-0.25, -0.2) is 4.98 Å². The van der Waals surface area contributed by atoms with Crippen molar-refractivity contribution in [1.29, 1.82) is 0 Å². The fourth-order valence-electron chi connectivity index (χ4n) is 2.75. The summed E-state index contributed by atoms with van der Waals surface area (Å²) in [5.74, 6) is 0.324. The predicted octanol–water partition coefficient (Wildman–Crippen LogP) is 4.76. The molecule has 2 aromatic heterocycles. The Morgan fingerprint density at radius 3 is 2.78 bits per heavy atom. The van der Waals surface area contributed by atoms with E-state index < -0.39 is 4.92 Å². The van der Waals surface area contributed by atoms with Crippen molar-refractivity contribution in [3.05, 3.63) is 75.8 Å². The van der Waals surface area contributed by atoms with Gasteiger partial charge in [0, 0.05) is 17.3 Å². The fourth-order valence-corrected chi connectivity index (χ4v) is 3.51. The third-order valence-electron chi connectivity index (χ3n) is 4.03. The summed E-state index contributed by atoms with van der Waals surface area (Å²) in [6, 6.07) is 15.9. The van der Waals surface area contributed by atoms with Crippen molar-refractivity contribution < 1.29 is 9.72 Å². The van der Waals surface area contributed by atoms with Crippen molar-refractivity contribution in [3.63, 3.8) is 0 Å². The number of aryl methyl sites for hydroxylation is 1. The van der Waals surface area contributed by atoms with Crippen LogP contribution in [0.3, 0.4) is 0 Å². The lowest BCUT2D eigenvalue weighted by molar-refractivity contribution is -0.380. The molecule has 2 N–H and O–H groups in total. The number of benzene rings is 2. The smallest absolute Gasteiger partial charge is 0.324 e. The number of amides is 1. The number of aromatic amines is 1. The van der Waals surface area contributed by atoms with E-state index in [9.17, 15) is 14.9 Å². The summed E-state index contributed by atoms with van der Waals surface area (Å²) < 4.78 is 0. The lowest BCUT2D eigenvalue weighted by Crippen LogP contribution is -2.11. The quantitative estimate of drug-likeness (QED) is 0.395. The predicted molar refractivity (Wildman–Crippen MR) is 105 cm³/mol. The van der Waals surface area contributed by atoms with E-state index in [4.69, 9.17) is 0 Å². The van der Waals surface area contributed by atoms with Gasteiger partial charge in [-0.05, 0) is 48.9 Å². The van der Waals surface area contributed by atoms with Crippen LogP contribution in [0, 0.1) is 17.0 Å². The molecule has 0 spiro atoms. The van der Waals surface area contributed by atoms with Gasteiger partial charge in [-0.15, -0.1) is 0 Å². The highest BCUT2D eigenvalue weighted by Crippen LogP contribution is 2.32. The molecule has 0 aliphatic rings. The summed E-state index contributed by atoms with van der Waals surface area (Å²) in [6.07, 6.45) is 0. The highest BCUT2D eigenvalue weighted by molar-refractivity contribution is 7.18. The summed E-state index contributed by atoms with van der Waals surface area (Å²) in [5.41, 5.74) is 3.67. The normalized spacial score (nSPS) is 10.9. The van der Waals surface area contributed by atoms with Crippen molar-refractivity contribution in [2.45, 2.75) is 6.92 Å². The zero-order chi connectivity index (χ0) is 19.0. The summed E-state index contributed by atoms with van der Waals surface area (Å²) in [5, 5.41) is 13.8. The molecular weight excluding hydrogens is 364 g/mol. The first kappa shape index (κ1) is 16.9. The van der Waals surface area contributed by atoms with Gasteiger partial charge in [0.05, 0.1) is 20.8 Å². The third-order valence-corrected chi connectivity index (χ3v) is 5.07. The topological polar surface area (TPSA) is 101 Å². The van der Waals surface area contributed by atoms with Crippen LogP contribution in [-0.2, 0) is 0 Å². The Morgan fingerprint density at radius 1 is 1.19 bits per heavy atom. The number of fused-ring (bicyclic) bond motifs is 1. The van der Waals surface area contributed by atoms with Crippen LogP contribution >= 0.6 is 11.3 Å². The molecule has 8 heteroatoms. The molecule has 0 aliphatic carbocycles. The number of hydrogen-bond acceptors (Lipinski definition) is 5. The zero-order valence-corrected chi connectivity index (χ0v) is 15.0. The average Bonchev–Trinajstić information content (AvgIpc) is 3.28. The van der Waals surface area contributed by atoms with Crippen molar-refractivity contribution in [2.75, 3.05) is 5.32 Å². The van der Waals surface area contributed by atoms with Crippen LogP contribution in [0.5, 0.6) is 0 Å². The maximum atomic E-state index is 12.5. The minimum atomic E-state index is -0.426. The molecule has 7 nitrogen and oxygen atoms in total. The van der Waals surface area contributed by atoms with Crippen LogP contribution < -0.4 is 5.32 Å². The first-order chi connectivity index (χ1) is 13.0. The second-order valence-corrected chi connectivity index (χ2v) is 7.10. The number of thiophene rings is 1. The highest BCUT2D eigenvalue weighted by atomic mass is 32.1. The van der Waals surface area contributed by atoms with Gasteiger partial charge in [-0.1, -0.05) is 23.5 Å². The van der Waals surface area contributed by atoms with Crippen LogP contribution in [0.2, 0.25) is 0 Å². The molecule has 134 valence electrons. The molecule has 4 aromatic rings. The SMILES string of the molecule is Cc1cccc(NC(=O)c2ccc3nc(-c4ccc([N+](=O)[O-])s4)[nH]c3c2)c1. The fraction of sp³-hybridized carbons (Fsp3) is 0.0526. The molecule has 0 fully saturated rings. The molecule has 0 aliphatic heterocycles. The Bertz CT molecular complexity index is 1180. The number of H-pyrrole nitrogens is 1. The van der Waals surface area contributed by atoms with Gasteiger partial charge in [0.25, 0.3) is 5.91 Å². The first-order valence-electron chi connectivity index (χ1n) is 8.12. The summed E-state index contributed by atoms with van der Waals surface area (Å²) >= 11 is 1.05. The molecule has 27 heavy (non-hydrogen) atoms. The van der Waals surface area contributed by atoms with E-state index in [1.54, 1.807) is 24.3 Å². The Kier molecular flexibility index (Phi) is 4.17. The molecule has 0 saturated heterocycles. The Balaban J connectivity index is 1.62. The van der Waals surface area contributed by atoms with E-state index in [1.165, 1.54) is 6.07 Å². The largest absolute Gasteiger partial charge is 0.337 e. The van der Waals surface area contributed by atoms with Crippen molar-refractivity contribution in [3.8, 4) is 10.7 Å². The number of hydrogen-bond donors (Lipinski definition) is 2. The second kappa shape index (κ2) is 6.65. The first-order valence-corrected chi connectivity index (χ1v) is 8.93. The standard InChI is InChI=1S/C19H14N4O3S/c1-11-3-2-4-13(9-11)20-19(24)12-5-6-14-15(10-12)22-18(21-14)16-7-8-17(27-16)23(25)26/h2-10H,1H3,(H,20,24)(H,21,22). The van der Waals surface area contributed by atoms with E-state index in [-0.39, 0.29) is 10.9 Å². The molecule has 1 amide bonds. The number of nitrogens with zero attached hydrogens (tertiary/aromatic N) is 2. The molecule has 2 heterocycles. The molecule has 0 unspecified atom stereocenters. The molecule has 2 aromatic carbocycles. The van der Waals surface area contributed by atoms with Crippen LogP contribution in [0.4, 0.5) is 10.7 Å². The number of nitrogens with one attached hydrogen (secondary N) is 2. The monoisotopic (exact) mass is 378 g/mol. The number of anilines is 1. The van der Waals surface area contributed by atoms with E-state index in [1.807, 2.05) is 31.2 Å². The van der Waals surface area contributed by atoms with Crippen molar-refractivity contribution in [1.82, 2.24) is 9.97 Å². The van der Waals surface area contributed by atoms with Gasteiger partial charge in [0.2, 0.25) is 0 Å². The van der Waals surface area contributed by atoms with Crippen LogP contribution in [-0.4, -0.2) is 20.8 Å². The number of carbonyl (C=O) groups is 1. The minimum Gasteiger partial charge on any atom is -0.337 e. The van der Waals surface area contributed by atoms with Gasteiger partial charge >= 0.3 is 5.00 Å². The number of aromatic nitrogens is 2. The number of rotatable bonds is 4. The number of nitro groups is 1. The lowest BCUT2D eigenvalue weighted by Gasteiger charge is -2.06. The molecule has 0 atom stereocenters. The van der Waals surface area contributed by atoms with Gasteiger partial charge < -0.3 is 10.3 Å². The summed E-state index contributed by atoms with van der Waals surface area (Å²) in [4.78, 5) is 31.2. The van der Waals surface area contributed by atoms with Crippen LogP contribution in [0.1, 0.15) is 15.9 Å². The summed E-state index contributed by atoms with van der Waals surface area (Å²) in [6.45, 7) is 1.96. The lowest BCUT2D eigenvalue weighted by atomic mass is 10.1. The van der Waals surface area contributed by atoms with Crippen molar-refractivity contribution >= 4 is 39.0 Å². The van der Waals surface area contributed by atoms with Gasteiger partial charge in [-0.3, -0.25) is 14.9 Å². The zero-order valence-electron chi connectivity index (χ0n) is 14.2. The summed E-state index contributed by atoms with van der Waals surface area (Å²) in [7, 11) is 0. The van der Waals surface area contributed by atoms with Gasteiger partial charge in [0.15, 0.2) is 0 Å². The third kappa shape index (κ3) is 3.42. The second-order valence-electron chi connectivity index (χ2n) is 6.04. The Labute approximate surface area is 157 Å². The van der Waals surface area contributed by atoms with E-state index in [0.717, 1.165) is 22.6 Å². The molecule has 0 saturated carbocycles. The maximum Gasteiger partial charge on any atom is 0.324 e. The van der Waals surface area contributed by atoms with Gasteiger partial charge in [-0.2, -0.15) is 0 Å². The number of imidazole rings is 1. The average molecular weight is 378 g/mol. The van der Waals surface area contributed by atoms with Crippen LogP contribution in [0.15, 0.2) is 54.6 Å². The minimum absolute atomic E-state index is 0.0590. The molecule has 4 rings (SSSR count). The Morgan fingerprint density at radius 2 is 2.04 bits per heavy atom. The van der Waals surface area contributed by atoms with E-state index >= 15 is 0 Å². The molecule has 0 bridgehead atoms. The van der Waals surface area contributed by atoms with Crippen molar-refractivity contribution in [2.24, 2.45) is 0 Å². The van der Waals surface area contributed by atoms with Crippen LogP contribution in [0.25, 0.3) is 21.7 Å². The number of carbonyl (C=O) groups excluding carboxylic acids is 1.